The molecule has 1 heterocycles. The highest BCUT2D eigenvalue weighted by molar-refractivity contribution is 6.31. The minimum Gasteiger partial charge on any atom is -0.481 e. The van der Waals surface area contributed by atoms with Crippen LogP contribution in [-0.4, -0.2) is 36.7 Å². The molecular weight excluding hydrogens is 342 g/mol. The van der Waals surface area contributed by atoms with E-state index in [4.69, 9.17) is 16.3 Å². The monoisotopic (exact) mass is 367 g/mol. The van der Waals surface area contributed by atoms with Crippen LogP contribution in [0.5, 0.6) is 0 Å². The highest BCUT2D eigenvalue weighted by Gasteiger charge is 2.43. The second kappa shape index (κ2) is 8.68. The van der Waals surface area contributed by atoms with E-state index in [1.807, 2.05) is 32.0 Å². The third-order valence-electron chi connectivity index (χ3n) is 4.78. The molecule has 1 aromatic rings. The Balaban J connectivity index is 2.19. The van der Waals surface area contributed by atoms with E-state index in [0.29, 0.717) is 37.5 Å². The van der Waals surface area contributed by atoms with E-state index in [2.05, 4.69) is 5.32 Å². The number of rotatable bonds is 7. The van der Waals surface area contributed by atoms with Crippen LogP contribution in [0.25, 0.3) is 0 Å². The summed E-state index contributed by atoms with van der Waals surface area (Å²) < 4.78 is 5.44. The Morgan fingerprint density at radius 3 is 2.48 bits per heavy atom. The highest BCUT2D eigenvalue weighted by atomic mass is 35.5. The molecule has 1 atom stereocenters. The second-order valence-electron chi connectivity index (χ2n) is 7.05. The molecule has 0 aromatic heterocycles. The summed E-state index contributed by atoms with van der Waals surface area (Å²) in [5.74, 6) is -1.39. The zero-order valence-electron chi connectivity index (χ0n) is 14.8. The van der Waals surface area contributed by atoms with Crippen molar-refractivity contribution >= 4 is 23.5 Å². The Labute approximate surface area is 153 Å². The van der Waals surface area contributed by atoms with Crippen LogP contribution >= 0.6 is 11.6 Å². The van der Waals surface area contributed by atoms with Crippen molar-refractivity contribution in [3.8, 4) is 0 Å². The van der Waals surface area contributed by atoms with E-state index >= 15 is 0 Å². The molecule has 138 valence electrons. The van der Waals surface area contributed by atoms with Crippen LogP contribution in [0.4, 0.5) is 0 Å². The van der Waals surface area contributed by atoms with Gasteiger partial charge in [-0.1, -0.05) is 43.6 Å². The van der Waals surface area contributed by atoms with E-state index in [1.54, 1.807) is 6.07 Å². The van der Waals surface area contributed by atoms with E-state index in [-0.39, 0.29) is 18.4 Å². The molecule has 0 bridgehead atoms. The summed E-state index contributed by atoms with van der Waals surface area (Å²) in [6.07, 6.45) is 1.59. The number of ether oxygens (including phenoxy) is 1. The molecule has 0 aliphatic carbocycles. The SMILES string of the molecule is CC(C)CC(CNC(=O)C1(c2ccccc2Cl)CCOCC1)C(=O)O. The largest absolute Gasteiger partial charge is 0.481 e. The van der Waals surface area contributed by atoms with Crippen LogP contribution in [0.1, 0.15) is 38.7 Å². The predicted molar refractivity (Wildman–Crippen MR) is 96.8 cm³/mol. The summed E-state index contributed by atoms with van der Waals surface area (Å²) >= 11 is 6.36. The Kier molecular flexibility index (Phi) is 6.85. The molecule has 0 radical (unpaired) electrons. The van der Waals surface area contributed by atoms with Crippen LogP contribution in [0, 0.1) is 11.8 Å². The first-order valence-electron chi connectivity index (χ1n) is 8.70. The summed E-state index contributed by atoms with van der Waals surface area (Å²) in [4.78, 5) is 24.5. The molecular formula is C19H26ClNO4. The second-order valence-corrected chi connectivity index (χ2v) is 7.46. The molecule has 5 nitrogen and oxygen atoms in total. The standard InChI is InChI=1S/C19H26ClNO4/c1-13(2)11-14(17(22)23)12-21-18(24)19(7-9-25-10-8-19)15-5-3-4-6-16(15)20/h3-6,13-14H,7-12H2,1-2H3,(H,21,24)(H,22,23). The van der Waals surface area contributed by atoms with E-state index < -0.39 is 17.3 Å². The molecule has 0 saturated carbocycles. The van der Waals surface area contributed by atoms with E-state index in [0.717, 1.165) is 5.56 Å². The van der Waals surface area contributed by atoms with E-state index in [9.17, 15) is 14.7 Å². The van der Waals surface area contributed by atoms with Gasteiger partial charge in [0.25, 0.3) is 0 Å². The molecule has 1 fully saturated rings. The smallest absolute Gasteiger partial charge is 0.308 e. The maximum Gasteiger partial charge on any atom is 0.308 e. The highest BCUT2D eigenvalue weighted by Crippen LogP contribution is 2.38. The van der Waals surface area contributed by atoms with Crippen LogP contribution in [0.3, 0.4) is 0 Å². The first-order chi connectivity index (χ1) is 11.9. The lowest BCUT2D eigenvalue weighted by Gasteiger charge is -2.37. The van der Waals surface area contributed by atoms with Crippen molar-refractivity contribution in [1.82, 2.24) is 5.32 Å². The van der Waals surface area contributed by atoms with Gasteiger partial charge in [0.2, 0.25) is 5.91 Å². The quantitative estimate of drug-likeness (QED) is 0.775. The summed E-state index contributed by atoms with van der Waals surface area (Å²) in [7, 11) is 0. The van der Waals surface area contributed by atoms with Gasteiger partial charge < -0.3 is 15.2 Å². The normalized spacial score (nSPS) is 17.9. The van der Waals surface area contributed by atoms with Crippen molar-refractivity contribution in [3.63, 3.8) is 0 Å². The Hall–Kier alpha value is -1.59. The molecule has 2 N–H and O–H groups in total. The molecule has 1 aromatic carbocycles. The fourth-order valence-electron chi connectivity index (χ4n) is 3.41. The lowest BCUT2D eigenvalue weighted by molar-refractivity contribution is -0.142. The number of carboxylic acids is 1. The van der Waals surface area contributed by atoms with E-state index in [1.165, 1.54) is 0 Å². The van der Waals surface area contributed by atoms with Gasteiger partial charge in [-0.25, -0.2) is 0 Å². The van der Waals surface area contributed by atoms with Crippen molar-refractivity contribution in [2.75, 3.05) is 19.8 Å². The van der Waals surface area contributed by atoms with Gasteiger partial charge in [0.05, 0.1) is 11.3 Å². The first-order valence-corrected chi connectivity index (χ1v) is 9.08. The van der Waals surface area contributed by atoms with Crippen LogP contribution < -0.4 is 5.32 Å². The zero-order valence-corrected chi connectivity index (χ0v) is 15.5. The van der Waals surface area contributed by atoms with Crippen LogP contribution in [0.2, 0.25) is 5.02 Å². The Morgan fingerprint density at radius 2 is 1.92 bits per heavy atom. The molecule has 1 amide bonds. The summed E-state index contributed by atoms with van der Waals surface area (Å²) in [5, 5.41) is 12.8. The summed E-state index contributed by atoms with van der Waals surface area (Å²) in [6.45, 7) is 5.03. The van der Waals surface area contributed by atoms with Crippen LogP contribution in [-0.2, 0) is 19.7 Å². The minimum atomic E-state index is -0.882. The van der Waals surface area contributed by atoms with Crippen molar-refractivity contribution in [3.05, 3.63) is 34.9 Å². The maximum atomic E-state index is 13.1. The lowest BCUT2D eigenvalue weighted by Crippen LogP contribution is -2.49. The van der Waals surface area contributed by atoms with Gasteiger partial charge in [-0.3, -0.25) is 9.59 Å². The molecule has 1 aliphatic rings. The number of carbonyl (C=O) groups is 2. The molecule has 1 unspecified atom stereocenters. The minimum absolute atomic E-state index is 0.124. The number of hydrogen-bond acceptors (Lipinski definition) is 3. The third kappa shape index (κ3) is 4.73. The van der Waals surface area contributed by atoms with Gasteiger partial charge in [-0.15, -0.1) is 0 Å². The average molecular weight is 368 g/mol. The van der Waals surface area contributed by atoms with Crippen LogP contribution in [0.15, 0.2) is 24.3 Å². The van der Waals surface area contributed by atoms with Crippen molar-refractivity contribution in [2.24, 2.45) is 11.8 Å². The molecule has 2 rings (SSSR count). The van der Waals surface area contributed by atoms with Crippen molar-refractivity contribution in [1.29, 1.82) is 0 Å². The fraction of sp³-hybridized carbons (Fsp3) is 0.579. The zero-order chi connectivity index (χ0) is 18.4. The third-order valence-corrected chi connectivity index (χ3v) is 5.11. The number of hydrogen-bond donors (Lipinski definition) is 2. The predicted octanol–water partition coefficient (Wildman–Crippen LogP) is 3.25. The summed E-state index contributed by atoms with van der Waals surface area (Å²) in [5.41, 5.74) is 0.0190. The van der Waals surface area contributed by atoms with Gasteiger partial charge in [0.1, 0.15) is 0 Å². The van der Waals surface area contributed by atoms with Gasteiger partial charge in [0, 0.05) is 24.8 Å². The van der Waals surface area contributed by atoms with Crippen molar-refractivity contribution < 1.29 is 19.4 Å². The van der Waals surface area contributed by atoms with Gasteiger partial charge in [0.15, 0.2) is 0 Å². The topological polar surface area (TPSA) is 75.6 Å². The molecule has 1 aliphatic heterocycles. The number of carboxylic acid groups (broad SMARTS) is 1. The number of aliphatic carboxylic acids is 1. The van der Waals surface area contributed by atoms with Crippen molar-refractivity contribution in [2.45, 2.75) is 38.5 Å². The number of amides is 1. The number of halogens is 1. The van der Waals surface area contributed by atoms with Gasteiger partial charge in [-0.05, 0) is 36.8 Å². The Morgan fingerprint density at radius 1 is 1.28 bits per heavy atom. The number of benzene rings is 1. The first kappa shape index (κ1) is 19.7. The number of carbonyl (C=O) groups excluding carboxylic acids is 1. The van der Waals surface area contributed by atoms with Gasteiger partial charge >= 0.3 is 5.97 Å². The summed E-state index contributed by atoms with van der Waals surface area (Å²) in [6, 6.07) is 7.35. The Bertz CT molecular complexity index is 611. The average Bonchev–Trinajstić information content (AvgIpc) is 2.58. The molecule has 0 spiro atoms. The fourth-order valence-corrected chi connectivity index (χ4v) is 3.73. The molecule has 25 heavy (non-hydrogen) atoms. The lowest BCUT2D eigenvalue weighted by atomic mass is 9.73. The van der Waals surface area contributed by atoms with Gasteiger partial charge in [-0.2, -0.15) is 0 Å². The number of nitrogens with one attached hydrogen (secondary N) is 1. The maximum absolute atomic E-state index is 13.1. The molecule has 1 saturated heterocycles. The molecule has 6 heteroatoms.